The zero-order valence-electron chi connectivity index (χ0n) is 30.1. The van der Waals surface area contributed by atoms with Crippen molar-refractivity contribution < 1.29 is 0 Å². The first-order chi connectivity index (χ1) is 26.5. The summed E-state index contributed by atoms with van der Waals surface area (Å²) in [4.78, 5) is 6.16. The number of hydrogen-bond donors (Lipinski definition) is 1. The summed E-state index contributed by atoms with van der Waals surface area (Å²) in [5.41, 5.74) is 16.1. The number of fused-ring (bicyclic) bond motifs is 9. The average molecular weight is 709 g/mol. The minimum absolute atomic E-state index is 0.0232. The summed E-state index contributed by atoms with van der Waals surface area (Å²) >= 11 is 1.87. The van der Waals surface area contributed by atoms with Gasteiger partial charge in [-0.2, -0.15) is 0 Å². The van der Waals surface area contributed by atoms with Crippen LogP contribution >= 0.6 is 11.3 Å². The summed E-state index contributed by atoms with van der Waals surface area (Å²) in [6.07, 6.45) is 0. The van der Waals surface area contributed by atoms with Gasteiger partial charge < -0.3 is 9.88 Å². The Labute approximate surface area is 318 Å². The molecule has 256 valence electrons. The Kier molecular flexibility index (Phi) is 6.80. The van der Waals surface area contributed by atoms with Crippen LogP contribution < -0.4 is 4.90 Å². The molecule has 10 aromatic rings. The van der Waals surface area contributed by atoms with Crippen molar-refractivity contribution >= 4 is 70.4 Å². The van der Waals surface area contributed by atoms with Crippen molar-refractivity contribution in [2.75, 3.05) is 4.90 Å². The molecule has 0 aliphatic heterocycles. The molecule has 54 heavy (non-hydrogen) atoms. The van der Waals surface area contributed by atoms with Crippen molar-refractivity contribution in [1.82, 2.24) is 4.98 Å². The Morgan fingerprint density at radius 3 is 1.87 bits per heavy atom. The molecule has 0 fully saturated rings. The lowest BCUT2D eigenvalue weighted by molar-refractivity contribution is 0.661. The SMILES string of the molecule is CC1(C)c2ccccc2-c2cc3c(cc21)[nH]c1ccc(-c2ccc(N(c4ccc(-c5ccccc5)cc4)c4cccc5c4sc4ccccc45)cc2)cc13. The van der Waals surface area contributed by atoms with Gasteiger partial charge in [-0.15, -0.1) is 11.3 Å². The van der Waals surface area contributed by atoms with Crippen LogP contribution in [0.4, 0.5) is 17.1 Å². The van der Waals surface area contributed by atoms with Gasteiger partial charge in [0.2, 0.25) is 0 Å². The minimum atomic E-state index is -0.0232. The monoisotopic (exact) mass is 708 g/mol. The van der Waals surface area contributed by atoms with Gasteiger partial charge in [-0.1, -0.05) is 129 Å². The van der Waals surface area contributed by atoms with Gasteiger partial charge in [0.1, 0.15) is 0 Å². The highest BCUT2D eigenvalue weighted by Crippen LogP contribution is 2.51. The van der Waals surface area contributed by atoms with E-state index in [1.165, 1.54) is 92.2 Å². The van der Waals surface area contributed by atoms with Gasteiger partial charge in [-0.3, -0.25) is 0 Å². The quantitative estimate of drug-likeness (QED) is 0.189. The molecule has 0 unspecified atom stereocenters. The lowest BCUT2D eigenvalue weighted by Crippen LogP contribution is -2.14. The predicted molar refractivity (Wildman–Crippen MR) is 232 cm³/mol. The highest BCUT2D eigenvalue weighted by molar-refractivity contribution is 7.26. The van der Waals surface area contributed by atoms with Gasteiger partial charge in [-0.05, 0) is 105 Å². The zero-order chi connectivity index (χ0) is 36.0. The Hall–Kier alpha value is -6.42. The van der Waals surface area contributed by atoms with E-state index in [4.69, 9.17) is 0 Å². The van der Waals surface area contributed by atoms with Gasteiger partial charge >= 0.3 is 0 Å². The van der Waals surface area contributed by atoms with Crippen LogP contribution in [0.2, 0.25) is 0 Å². The fourth-order valence-electron chi connectivity index (χ4n) is 8.85. The molecule has 3 heteroatoms. The third kappa shape index (κ3) is 4.72. The fraction of sp³-hybridized carbons (Fsp3) is 0.0588. The van der Waals surface area contributed by atoms with E-state index in [0.29, 0.717) is 0 Å². The average Bonchev–Trinajstić information content (AvgIpc) is 3.86. The fourth-order valence-corrected chi connectivity index (χ4v) is 10.1. The highest BCUT2D eigenvalue weighted by atomic mass is 32.1. The van der Waals surface area contributed by atoms with E-state index < -0.39 is 0 Å². The van der Waals surface area contributed by atoms with Gasteiger partial charge in [0.05, 0.1) is 10.4 Å². The summed E-state index contributed by atoms with van der Waals surface area (Å²) in [5.74, 6) is 0. The summed E-state index contributed by atoms with van der Waals surface area (Å²) in [5, 5.41) is 5.13. The maximum atomic E-state index is 3.74. The number of hydrogen-bond acceptors (Lipinski definition) is 2. The Bertz CT molecular complexity index is 3060. The molecule has 1 aliphatic carbocycles. The Morgan fingerprint density at radius 1 is 0.444 bits per heavy atom. The Morgan fingerprint density at radius 2 is 1.07 bits per heavy atom. The van der Waals surface area contributed by atoms with Crippen LogP contribution in [0, 0.1) is 0 Å². The summed E-state index contributed by atoms with van der Waals surface area (Å²) in [7, 11) is 0. The summed E-state index contributed by atoms with van der Waals surface area (Å²) in [6, 6.07) is 64.7. The number of nitrogens with one attached hydrogen (secondary N) is 1. The van der Waals surface area contributed by atoms with Crippen LogP contribution in [0.15, 0.2) is 176 Å². The molecule has 0 radical (unpaired) electrons. The molecule has 2 aromatic heterocycles. The molecule has 2 nitrogen and oxygen atoms in total. The topological polar surface area (TPSA) is 19.0 Å². The molecule has 0 saturated carbocycles. The second-order valence-corrected chi connectivity index (χ2v) is 16.1. The number of H-pyrrole nitrogens is 1. The molecule has 11 rings (SSSR count). The predicted octanol–water partition coefficient (Wildman–Crippen LogP) is 14.8. The standard InChI is InChI=1S/C51H36N2S/c1-51(2)44-16-8-6-13-38(44)41-30-43-42-29-35(23-28-46(42)52-47(43)31-45(41)51)34-21-26-37(27-22-34)53(36-24-19-33(20-25-36)32-11-4-3-5-12-32)48-17-10-15-40-39-14-7-9-18-49(39)54-50(40)48/h3-31,52H,1-2H3. The first-order valence-electron chi connectivity index (χ1n) is 18.7. The molecular formula is C51H36N2S. The maximum Gasteiger partial charge on any atom is 0.0640 e. The number of benzene rings is 8. The molecule has 8 aromatic carbocycles. The molecule has 0 bridgehead atoms. The lowest BCUT2D eigenvalue weighted by atomic mass is 9.82. The van der Waals surface area contributed by atoms with Crippen LogP contribution in [0.3, 0.4) is 0 Å². The molecule has 2 heterocycles. The van der Waals surface area contributed by atoms with Gasteiger partial charge in [0.15, 0.2) is 0 Å². The van der Waals surface area contributed by atoms with E-state index in [9.17, 15) is 0 Å². The third-order valence-electron chi connectivity index (χ3n) is 11.6. The van der Waals surface area contributed by atoms with Crippen LogP contribution in [-0.2, 0) is 5.41 Å². The van der Waals surface area contributed by atoms with E-state index in [1.807, 2.05) is 11.3 Å². The second kappa shape index (κ2) is 11.8. The molecule has 0 spiro atoms. The minimum Gasteiger partial charge on any atom is -0.355 e. The van der Waals surface area contributed by atoms with E-state index >= 15 is 0 Å². The number of thiophene rings is 1. The normalized spacial score (nSPS) is 13.1. The molecule has 1 aliphatic rings. The number of aromatic amines is 1. The van der Waals surface area contributed by atoms with Crippen molar-refractivity contribution in [1.29, 1.82) is 0 Å². The highest BCUT2D eigenvalue weighted by Gasteiger charge is 2.35. The first kappa shape index (κ1) is 31.1. The number of anilines is 3. The van der Waals surface area contributed by atoms with Crippen LogP contribution in [0.25, 0.3) is 75.4 Å². The molecule has 0 atom stereocenters. The second-order valence-electron chi connectivity index (χ2n) is 15.0. The van der Waals surface area contributed by atoms with Gasteiger partial charge in [-0.25, -0.2) is 0 Å². The van der Waals surface area contributed by atoms with Crippen molar-refractivity contribution in [3.05, 3.63) is 187 Å². The third-order valence-corrected chi connectivity index (χ3v) is 12.8. The first-order valence-corrected chi connectivity index (χ1v) is 19.5. The largest absolute Gasteiger partial charge is 0.355 e. The van der Waals surface area contributed by atoms with Crippen molar-refractivity contribution in [3.8, 4) is 33.4 Å². The van der Waals surface area contributed by atoms with Crippen LogP contribution in [0.5, 0.6) is 0 Å². The van der Waals surface area contributed by atoms with E-state index in [-0.39, 0.29) is 5.41 Å². The van der Waals surface area contributed by atoms with Crippen LogP contribution in [0.1, 0.15) is 25.0 Å². The number of nitrogens with zero attached hydrogens (tertiary/aromatic N) is 1. The van der Waals surface area contributed by atoms with Gasteiger partial charge in [0, 0.05) is 54.1 Å². The number of rotatable bonds is 5. The summed E-state index contributed by atoms with van der Waals surface area (Å²) in [6.45, 7) is 4.69. The Balaban J connectivity index is 1.02. The smallest absolute Gasteiger partial charge is 0.0640 e. The van der Waals surface area contributed by atoms with Gasteiger partial charge in [0.25, 0.3) is 0 Å². The zero-order valence-corrected chi connectivity index (χ0v) is 30.9. The molecule has 1 N–H and O–H groups in total. The van der Waals surface area contributed by atoms with E-state index in [2.05, 4.69) is 200 Å². The molecule has 0 amide bonds. The van der Waals surface area contributed by atoms with Crippen LogP contribution in [-0.4, -0.2) is 4.98 Å². The van der Waals surface area contributed by atoms with Crippen molar-refractivity contribution in [2.45, 2.75) is 19.3 Å². The van der Waals surface area contributed by atoms with Crippen molar-refractivity contribution in [3.63, 3.8) is 0 Å². The van der Waals surface area contributed by atoms with E-state index in [1.54, 1.807) is 0 Å². The number of aromatic nitrogens is 1. The van der Waals surface area contributed by atoms with Crippen molar-refractivity contribution in [2.24, 2.45) is 0 Å². The molecular weight excluding hydrogens is 673 g/mol. The van der Waals surface area contributed by atoms with E-state index in [0.717, 1.165) is 11.4 Å². The maximum absolute atomic E-state index is 3.74. The lowest BCUT2D eigenvalue weighted by Gasteiger charge is -2.26. The molecule has 0 saturated heterocycles. The summed E-state index contributed by atoms with van der Waals surface area (Å²) < 4.78 is 2.59.